The normalized spacial score (nSPS) is 17.5. The maximum atomic E-state index is 12.2. The number of nitrogens with zero attached hydrogens (tertiary/aromatic N) is 1. The van der Waals surface area contributed by atoms with E-state index in [1.165, 1.54) is 70.6 Å². The molecule has 1 rings (SSSR count). The lowest BCUT2D eigenvalue weighted by Crippen LogP contribution is -2.37. The van der Waals surface area contributed by atoms with Gasteiger partial charge < -0.3 is 10.0 Å². The van der Waals surface area contributed by atoms with Crippen LogP contribution in [0.1, 0.15) is 110 Å². The molecule has 0 aliphatic carbocycles. The van der Waals surface area contributed by atoms with Crippen molar-refractivity contribution in [2.24, 2.45) is 0 Å². The summed E-state index contributed by atoms with van der Waals surface area (Å²) in [5.74, 6) is 0.249. The lowest BCUT2D eigenvalue weighted by Gasteiger charge is -2.22. The van der Waals surface area contributed by atoms with Crippen LogP contribution in [0.5, 0.6) is 0 Å². The molecule has 1 N–H and O–H groups in total. The van der Waals surface area contributed by atoms with Gasteiger partial charge in [-0.05, 0) is 44.9 Å². The predicted molar refractivity (Wildman–Crippen MR) is 111 cm³/mol. The molecule has 3 nitrogen and oxygen atoms in total. The number of likely N-dealkylation sites (tertiary alicyclic amines) is 1. The molecule has 0 unspecified atom stereocenters. The van der Waals surface area contributed by atoms with Crippen molar-refractivity contribution in [3.63, 3.8) is 0 Å². The second kappa shape index (κ2) is 16.4. The summed E-state index contributed by atoms with van der Waals surface area (Å²) in [5.41, 5.74) is 0. The first-order chi connectivity index (χ1) is 12.8. The largest absolute Gasteiger partial charge is 0.394 e. The molecule has 0 aromatic rings. The molecule has 0 bridgehead atoms. The summed E-state index contributed by atoms with van der Waals surface area (Å²) in [6.07, 6.45) is 24.1. The second-order valence-corrected chi connectivity index (χ2v) is 7.90. The van der Waals surface area contributed by atoms with Crippen LogP contribution in [0.4, 0.5) is 0 Å². The zero-order valence-electron chi connectivity index (χ0n) is 17.3. The lowest BCUT2D eigenvalue weighted by atomic mass is 10.1. The molecule has 0 saturated carbocycles. The molecule has 0 aromatic carbocycles. The number of aliphatic hydroxyl groups is 1. The molecule has 0 radical (unpaired) electrons. The molecule has 3 heteroatoms. The van der Waals surface area contributed by atoms with Gasteiger partial charge >= 0.3 is 0 Å². The molecule has 1 atom stereocenters. The molecule has 1 fully saturated rings. The summed E-state index contributed by atoms with van der Waals surface area (Å²) in [4.78, 5) is 14.1. The number of carbonyl (C=O) groups excluding carboxylic acids is 1. The molecule has 0 spiro atoms. The fraction of sp³-hybridized carbons (Fsp3) is 0.870. The first kappa shape index (κ1) is 23.2. The molecule has 1 saturated heterocycles. The third-order valence-corrected chi connectivity index (χ3v) is 5.56. The molecule has 1 amide bonds. The predicted octanol–water partition coefficient (Wildman–Crippen LogP) is 6.01. The Balaban J connectivity index is 1.84. The van der Waals surface area contributed by atoms with Crippen molar-refractivity contribution in [3.05, 3.63) is 12.2 Å². The molecule has 152 valence electrons. The van der Waals surface area contributed by atoms with E-state index in [2.05, 4.69) is 19.1 Å². The van der Waals surface area contributed by atoms with Crippen LogP contribution in [0.15, 0.2) is 12.2 Å². The smallest absolute Gasteiger partial charge is 0.222 e. The quantitative estimate of drug-likeness (QED) is 0.269. The summed E-state index contributed by atoms with van der Waals surface area (Å²) in [5, 5.41) is 9.29. The van der Waals surface area contributed by atoms with Gasteiger partial charge in [0.1, 0.15) is 0 Å². The van der Waals surface area contributed by atoms with E-state index in [-0.39, 0.29) is 18.6 Å². The van der Waals surface area contributed by atoms with Crippen LogP contribution in [0.3, 0.4) is 0 Å². The minimum atomic E-state index is 0.0885. The zero-order chi connectivity index (χ0) is 18.9. The topological polar surface area (TPSA) is 40.5 Å². The average Bonchev–Trinajstić information content (AvgIpc) is 3.13. The zero-order valence-corrected chi connectivity index (χ0v) is 17.3. The molecular weight excluding hydrogens is 322 g/mol. The lowest BCUT2D eigenvalue weighted by molar-refractivity contribution is -0.132. The van der Waals surface area contributed by atoms with Crippen molar-refractivity contribution >= 4 is 5.91 Å². The van der Waals surface area contributed by atoms with E-state index in [0.29, 0.717) is 6.42 Å². The van der Waals surface area contributed by atoms with Crippen molar-refractivity contribution < 1.29 is 9.90 Å². The summed E-state index contributed by atoms with van der Waals surface area (Å²) < 4.78 is 0. The van der Waals surface area contributed by atoms with Crippen molar-refractivity contribution in [2.75, 3.05) is 13.2 Å². The third kappa shape index (κ3) is 11.0. The van der Waals surface area contributed by atoms with Crippen molar-refractivity contribution in [3.8, 4) is 0 Å². The van der Waals surface area contributed by atoms with Gasteiger partial charge in [0.05, 0.1) is 12.6 Å². The fourth-order valence-corrected chi connectivity index (χ4v) is 3.84. The van der Waals surface area contributed by atoms with Crippen molar-refractivity contribution in [1.82, 2.24) is 4.90 Å². The molecule has 26 heavy (non-hydrogen) atoms. The Bertz CT molecular complexity index is 367. The Kier molecular flexibility index (Phi) is 14.6. The Labute approximate surface area is 162 Å². The van der Waals surface area contributed by atoms with E-state index in [0.717, 1.165) is 32.2 Å². The highest BCUT2D eigenvalue weighted by Crippen LogP contribution is 2.19. The van der Waals surface area contributed by atoms with Gasteiger partial charge in [0, 0.05) is 13.0 Å². The number of hydrogen-bond acceptors (Lipinski definition) is 2. The van der Waals surface area contributed by atoms with E-state index < -0.39 is 0 Å². The van der Waals surface area contributed by atoms with Gasteiger partial charge in [-0.3, -0.25) is 4.79 Å². The molecule has 0 aromatic heterocycles. The van der Waals surface area contributed by atoms with Crippen molar-refractivity contribution in [1.29, 1.82) is 0 Å². The van der Waals surface area contributed by atoms with Crippen molar-refractivity contribution in [2.45, 2.75) is 116 Å². The Morgan fingerprint density at radius 2 is 1.50 bits per heavy atom. The minimum absolute atomic E-state index is 0.0885. The molecular formula is C23H43NO2. The Hall–Kier alpha value is -0.830. The Morgan fingerprint density at radius 3 is 2.12 bits per heavy atom. The highest BCUT2D eigenvalue weighted by atomic mass is 16.3. The number of amides is 1. The van der Waals surface area contributed by atoms with Gasteiger partial charge in [0.15, 0.2) is 0 Å². The van der Waals surface area contributed by atoms with E-state index >= 15 is 0 Å². The standard InChI is InChI=1S/C23H43NO2/c1-2-3-4-5-6-7-8-9-10-11-12-13-14-15-16-19-23(26)24-20-17-18-22(24)21-25/h9-10,22,25H,2-8,11-21H2,1H3/b10-9-/t22-/m0/s1. The number of unbranched alkanes of at least 4 members (excludes halogenated alkanes) is 11. The number of hydrogen-bond donors (Lipinski definition) is 1. The maximum absolute atomic E-state index is 12.2. The number of rotatable bonds is 16. The third-order valence-electron chi connectivity index (χ3n) is 5.56. The van der Waals surface area contributed by atoms with E-state index in [9.17, 15) is 9.90 Å². The number of carbonyl (C=O) groups is 1. The fourth-order valence-electron chi connectivity index (χ4n) is 3.84. The van der Waals surface area contributed by atoms with Crippen LogP contribution in [0, 0.1) is 0 Å². The van der Waals surface area contributed by atoms with Gasteiger partial charge in [0.2, 0.25) is 5.91 Å². The van der Waals surface area contributed by atoms with Gasteiger partial charge in [0.25, 0.3) is 0 Å². The SMILES string of the molecule is CCCCCCCC/C=C\CCCCCCCC(=O)N1CCC[C@H]1CO. The molecule has 1 aliphatic rings. The summed E-state index contributed by atoms with van der Waals surface area (Å²) in [6.45, 7) is 3.23. The van der Waals surface area contributed by atoms with Crippen LogP contribution >= 0.6 is 0 Å². The second-order valence-electron chi connectivity index (χ2n) is 7.90. The van der Waals surface area contributed by atoms with E-state index in [1.807, 2.05) is 4.90 Å². The van der Waals surface area contributed by atoms with Crippen LogP contribution in [0.2, 0.25) is 0 Å². The van der Waals surface area contributed by atoms with Gasteiger partial charge in [-0.2, -0.15) is 0 Å². The van der Waals surface area contributed by atoms with E-state index in [4.69, 9.17) is 0 Å². The summed E-state index contributed by atoms with van der Waals surface area (Å²) >= 11 is 0. The summed E-state index contributed by atoms with van der Waals surface area (Å²) in [7, 11) is 0. The summed E-state index contributed by atoms with van der Waals surface area (Å²) in [6, 6.07) is 0.0885. The first-order valence-corrected chi connectivity index (χ1v) is 11.3. The number of allylic oxidation sites excluding steroid dienone is 2. The van der Waals surface area contributed by atoms with Crippen LogP contribution in [-0.2, 0) is 4.79 Å². The maximum Gasteiger partial charge on any atom is 0.222 e. The van der Waals surface area contributed by atoms with Gasteiger partial charge in [-0.15, -0.1) is 0 Å². The molecule has 1 aliphatic heterocycles. The highest BCUT2D eigenvalue weighted by Gasteiger charge is 2.27. The van der Waals surface area contributed by atoms with Crippen LogP contribution in [0.25, 0.3) is 0 Å². The monoisotopic (exact) mass is 365 g/mol. The van der Waals surface area contributed by atoms with E-state index in [1.54, 1.807) is 0 Å². The number of aliphatic hydroxyl groups excluding tert-OH is 1. The van der Waals surface area contributed by atoms with Crippen LogP contribution < -0.4 is 0 Å². The Morgan fingerprint density at radius 1 is 0.923 bits per heavy atom. The highest BCUT2D eigenvalue weighted by molar-refractivity contribution is 5.76. The molecule has 1 heterocycles. The van der Waals surface area contributed by atoms with Crippen LogP contribution in [-0.4, -0.2) is 35.1 Å². The average molecular weight is 366 g/mol. The van der Waals surface area contributed by atoms with Gasteiger partial charge in [-0.25, -0.2) is 0 Å². The minimum Gasteiger partial charge on any atom is -0.394 e. The first-order valence-electron chi connectivity index (χ1n) is 11.3. The van der Waals surface area contributed by atoms with Gasteiger partial charge in [-0.1, -0.05) is 70.4 Å².